The van der Waals surface area contributed by atoms with Crippen molar-refractivity contribution in [3.63, 3.8) is 0 Å². The smallest absolute Gasteiger partial charge is 1.00 e. The van der Waals surface area contributed by atoms with Gasteiger partial charge < -0.3 is 7.13 Å². The summed E-state index contributed by atoms with van der Waals surface area (Å²) >= 11 is 0. The first-order chi connectivity index (χ1) is 28.3. The van der Waals surface area contributed by atoms with Crippen molar-refractivity contribution in [2.24, 2.45) is 0 Å². The molecule has 0 aliphatic heterocycles. The van der Waals surface area contributed by atoms with Crippen LogP contribution in [0.4, 0.5) is 0 Å². The van der Waals surface area contributed by atoms with Crippen molar-refractivity contribution in [2.45, 2.75) is 0 Å². The van der Waals surface area contributed by atoms with E-state index >= 15 is 0 Å². The van der Waals surface area contributed by atoms with Crippen molar-refractivity contribution in [2.75, 3.05) is 0 Å². The molecular formula is C54H50LiP3Ru. The van der Waals surface area contributed by atoms with E-state index in [2.05, 4.69) is 273 Å². The summed E-state index contributed by atoms with van der Waals surface area (Å²) in [6.45, 7) is 0. The van der Waals surface area contributed by atoms with E-state index < -0.39 is 23.8 Å². The van der Waals surface area contributed by atoms with E-state index in [-0.39, 0.29) is 45.5 Å². The maximum Gasteiger partial charge on any atom is 4.00 e. The van der Waals surface area contributed by atoms with Crippen molar-refractivity contribution in [3.05, 3.63) is 273 Å². The number of hydrogen-bond acceptors (Lipinski definition) is 0. The summed E-state index contributed by atoms with van der Waals surface area (Å²) in [5.41, 5.74) is 0. The molecule has 0 aromatic heterocycles. The first-order valence-corrected chi connectivity index (χ1v) is 23.2. The summed E-state index contributed by atoms with van der Waals surface area (Å²) in [4.78, 5) is 0. The maximum atomic E-state index is 2.23. The molecule has 0 atom stereocenters. The van der Waals surface area contributed by atoms with Gasteiger partial charge in [0, 0.05) is 0 Å². The molecule has 9 aromatic rings. The molecule has 0 nitrogen and oxygen atoms in total. The summed E-state index contributed by atoms with van der Waals surface area (Å²) in [5, 5.41) is 12.6. The number of hydrogen-bond donors (Lipinski definition) is 0. The molecule has 59 heavy (non-hydrogen) atoms. The number of rotatable bonds is 9. The molecule has 0 heterocycles. The van der Waals surface area contributed by atoms with Gasteiger partial charge >= 0.3 is 38.3 Å². The quantitative estimate of drug-likeness (QED) is 0.102. The van der Waals surface area contributed by atoms with Gasteiger partial charge in [0.05, 0.1) is 0 Å². The Bertz CT molecular complexity index is 1890. The standard InChI is InChI=1S/3C18H15P.Li.Ru.5H/c3*1-4-10-16(11-5-1)19(17-12-6-2-7-13-17)18-14-8-3-9-15-18;;;;;;;/h3*1-15H;;;;;;;/q;;;+1;+4;5*-1. The second-order valence-electron chi connectivity index (χ2n) is 13.0. The summed E-state index contributed by atoms with van der Waals surface area (Å²) < 4.78 is 0. The van der Waals surface area contributed by atoms with Crippen LogP contribution in [0.5, 0.6) is 0 Å². The second kappa shape index (κ2) is 25.2. The van der Waals surface area contributed by atoms with E-state index in [1.54, 1.807) is 0 Å². The average molecular weight is 900 g/mol. The van der Waals surface area contributed by atoms with Gasteiger partial charge in [-0.25, -0.2) is 0 Å². The Kier molecular flexibility index (Phi) is 19.5. The molecule has 0 aliphatic carbocycles. The molecule has 290 valence electrons. The van der Waals surface area contributed by atoms with Crippen LogP contribution in [-0.4, -0.2) is 0 Å². The maximum absolute atomic E-state index is 2.23. The van der Waals surface area contributed by atoms with Crippen LogP contribution >= 0.6 is 23.8 Å². The Balaban J connectivity index is 0.000000882. The van der Waals surface area contributed by atoms with Gasteiger partial charge in [0.1, 0.15) is 0 Å². The van der Waals surface area contributed by atoms with Crippen LogP contribution in [0.3, 0.4) is 0 Å². The largest absolute Gasteiger partial charge is 4.00 e. The molecule has 0 aliphatic rings. The molecule has 9 aromatic carbocycles. The molecule has 0 radical (unpaired) electrons. The Morgan fingerprint density at radius 1 is 0.169 bits per heavy atom. The molecule has 0 saturated heterocycles. The SMILES string of the molecule is [H-].[H-].[H-].[H-].[H-].[Li+].[Ru+4].c1ccc(P(c2ccccc2)c2ccccc2)cc1.c1ccc(P(c2ccccc2)c2ccccc2)cc1.c1ccc(P(c2ccccc2)c2ccccc2)cc1. The Labute approximate surface area is 387 Å². The van der Waals surface area contributed by atoms with Gasteiger partial charge in [0.15, 0.2) is 0 Å². The van der Waals surface area contributed by atoms with Gasteiger partial charge in [0.2, 0.25) is 0 Å². The van der Waals surface area contributed by atoms with Gasteiger partial charge in [0.25, 0.3) is 0 Å². The molecule has 0 fully saturated rings. The van der Waals surface area contributed by atoms with Gasteiger partial charge in [-0.2, -0.15) is 0 Å². The van der Waals surface area contributed by atoms with Crippen LogP contribution in [0.25, 0.3) is 0 Å². The van der Waals surface area contributed by atoms with Gasteiger partial charge in [-0.05, 0) is 71.5 Å². The first kappa shape index (κ1) is 45.6. The van der Waals surface area contributed by atoms with Gasteiger partial charge in [-0.1, -0.05) is 273 Å². The van der Waals surface area contributed by atoms with E-state index in [1.807, 2.05) is 0 Å². The van der Waals surface area contributed by atoms with Crippen LogP contribution in [0.15, 0.2) is 273 Å². The van der Waals surface area contributed by atoms with Crippen molar-refractivity contribution < 1.29 is 45.5 Å². The monoisotopic (exact) mass is 900 g/mol. The van der Waals surface area contributed by atoms with E-state index in [0.29, 0.717) is 0 Å². The summed E-state index contributed by atoms with van der Waals surface area (Å²) in [6, 6.07) is 97.0. The minimum atomic E-state index is -0.446. The molecule has 0 spiro atoms. The third-order valence-electron chi connectivity index (χ3n) is 9.13. The van der Waals surface area contributed by atoms with Gasteiger partial charge in [-0.3, -0.25) is 0 Å². The fraction of sp³-hybridized carbons (Fsp3) is 0. The molecular weight excluding hydrogens is 850 g/mol. The third kappa shape index (κ3) is 13.2. The molecule has 0 N–H and O–H groups in total. The minimum Gasteiger partial charge on any atom is -1.00 e. The molecule has 9 rings (SSSR count). The summed E-state index contributed by atoms with van der Waals surface area (Å²) in [5.74, 6) is 0. The average Bonchev–Trinajstić information content (AvgIpc) is 3.30. The first-order valence-electron chi connectivity index (χ1n) is 19.2. The zero-order chi connectivity index (χ0) is 38.7. The van der Waals surface area contributed by atoms with Crippen molar-refractivity contribution >= 4 is 71.5 Å². The van der Waals surface area contributed by atoms with Crippen LogP contribution < -0.4 is 66.6 Å². The van der Waals surface area contributed by atoms with E-state index in [4.69, 9.17) is 0 Å². The Morgan fingerprint density at radius 3 is 0.339 bits per heavy atom. The van der Waals surface area contributed by atoms with E-state index in [0.717, 1.165) is 0 Å². The van der Waals surface area contributed by atoms with Crippen LogP contribution in [0, 0.1) is 0 Å². The molecule has 0 amide bonds. The normalized spacial score (nSPS) is 10.2. The third-order valence-corrected chi connectivity index (χ3v) is 16.5. The van der Waals surface area contributed by atoms with Crippen molar-refractivity contribution in [3.8, 4) is 0 Å². The van der Waals surface area contributed by atoms with Crippen LogP contribution in [-0.2, 0) is 19.5 Å². The summed E-state index contributed by atoms with van der Waals surface area (Å²) in [6.07, 6.45) is 0. The van der Waals surface area contributed by atoms with Crippen LogP contribution in [0.2, 0.25) is 0 Å². The van der Waals surface area contributed by atoms with Gasteiger partial charge in [-0.15, -0.1) is 0 Å². The summed E-state index contributed by atoms with van der Waals surface area (Å²) in [7, 11) is -1.34. The molecule has 5 heteroatoms. The van der Waals surface area contributed by atoms with Crippen molar-refractivity contribution in [1.29, 1.82) is 0 Å². The zero-order valence-electron chi connectivity index (χ0n) is 38.2. The topological polar surface area (TPSA) is 0 Å². The fourth-order valence-corrected chi connectivity index (χ4v) is 13.5. The fourth-order valence-electron chi connectivity index (χ4n) is 6.54. The second-order valence-corrected chi connectivity index (χ2v) is 19.7. The van der Waals surface area contributed by atoms with E-state index in [1.165, 1.54) is 47.7 Å². The molecule has 0 saturated carbocycles. The van der Waals surface area contributed by atoms with Crippen LogP contribution in [0.1, 0.15) is 7.13 Å². The van der Waals surface area contributed by atoms with Crippen molar-refractivity contribution in [1.82, 2.24) is 0 Å². The number of benzene rings is 9. The molecule has 0 unspecified atom stereocenters. The predicted molar refractivity (Wildman–Crippen MR) is 261 cm³/mol. The Hall–Kier alpha value is -4.51. The zero-order valence-corrected chi connectivity index (χ0v) is 37.6. The van der Waals surface area contributed by atoms with E-state index in [9.17, 15) is 0 Å². The minimum absolute atomic E-state index is 0. The Morgan fingerprint density at radius 2 is 0.254 bits per heavy atom. The molecule has 0 bridgehead atoms. The predicted octanol–water partition coefficient (Wildman–Crippen LogP) is 7.90.